The predicted octanol–water partition coefficient (Wildman–Crippen LogP) is 7.10. The average molecular weight is 571 g/mol. The number of benzene rings is 2. The Morgan fingerprint density at radius 3 is 2.53 bits per heavy atom. The van der Waals surface area contributed by atoms with Crippen LogP contribution in [0.4, 0.5) is 10.8 Å². The highest BCUT2D eigenvalue weighted by Gasteiger charge is 2.18. The van der Waals surface area contributed by atoms with E-state index in [4.69, 9.17) is 23.2 Å². The summed E-state index contributed by atoms with van der Waals surface area (Å²) < 4.78 is 27.5. The van der Waals surface area contributed by atoms with Gasteiger partial charge in [-0.25, -0.2) is 13.4 Å². The van der Waals surface area contributed by atoms with E-state index in [0.717, 1.165) is 21.8 Å². The number of amides is 1. The highest BCUT2D eigenvalue weighted by molar-refractivity contribution is 8.00. The Balaban J connectivity index is 1.35. The van der Waals surface area contributed by atoms with Gasteiger partial charge in [0.2, 0.25) is 5.91 Å². The summed E-state index contributed by atoms with van der Waals surface area (Å²) in [6.45, 7) is 1.79. The highest BCUT2D eigenvalue weighted by atomic mass is 35.5. The zero-order chi connectivity index (χ0) is 24.3. The van der Waals surface area contributed by atoms with E-state index < -0.39 is 15.3 Å². The first-order chi connectivity index (χ1) is 16.2. The molecule has 4 rings (SSSR count). The van der Waals surface area contributed by atoms with E-state index in [1.807, 2.05) is 5.38 Å². The van der Waals surface area contributed by atoms with Crippen molar-refractivity contribution in [2.24, 2.45) is 0 Å². The van der Waals surface area contributed by atoms with Gasteiger partial charge in [-0.05, 0) is 60.8 Å². The summed E-state index contributed by atoms with van der Waals surface area (Å²) in [5.41, 5.74) is 1.84. The molecule has 0 spiro atoms. The van der Waals surface area contributed by atoms with Gasteiger partial charge in [0.05, 0.1) is 16.0 Å². The molecule has 2 heterocycles. The molecule has 0 radical (unpaired) electrons. The van der Waals surface area contributed by atoms with Crippen molar-refractivity contribution in [2.45, 2.75) is 21.3 Å². The lowest BCUT2D eigenvalue weighted by molar-refractivity contribution is -0.115. The summed E-state index contributed by atoms with van der Waals surface area (Å²) in [4.78, 5) is 17.9. The summed E-state index contributed by atoms with van der Waals surface area (Å²) >= 11 is 16.0. The third-order valence-electron chi connectivity index (χ3n) is 4.49. The summed E-state index contributed by atoms with van der Waals surface area (Å²) in [5.74, 6) is -0.199. The monoisotopic (exact) mass is 569 g/mol. The Morgan fingerprint density at radius 1 is 1.09 bits per heavy atom. The standard InChI is InChI=1S/C22H17Cl2N3O3S4/c1-13(21(28)26-22-25-19(12-32-22)17-9-4-14(23)11-18(17)24)33-16-7-5-15(6-8-16)27-34(29,30)20-3-2-10-31-20/h2-13,27H,1H3,(H,25,26,28). The van der Waals surface area contributed by atoms with Gasteiger partial charge in [-0.2, -0.15) is 0 Å². The fourth-order valence-electron chi connectivity index (χ4n) is 2.84. The van der Waals surface area contributed by atoms with Gasteiger partial charge in [-0.3, -0.25) is 9.52 Å². The molecule has 1 amide bonds. The number of hydrogen-bond donors (Lipinski definition) is 2. The molecule has 6 nitrogen and oxygen atoms in total. The van der Waals surface area contributed by atoms with Crippen molar-refractivity contribution in [3.63, 3.8) is 0 Å². The quantitative estimate of drug-likeness (QED) is 0.221. The van der Waals surface area contributed by atoms with E-state index in [1.54, 1.807) is 66.9 Å². The molecule has 176 valence electrons. The van der Waals surface area contributed by atoms with Crippen molar-refractivity contribution in [1.29, 1.82) is 0 Å². The smallest absolute Gasteiger partial charge is 0.271 e. The molecular formula is C22H17Cl2N3O3S4. The van der Waals surface area contributed by atoms with Crippen LogP contribution in [0, 0.1) is 0 Å². The predicted molar refractivity (Wildman–Crippen MR) is 143 cm³/mol. The number of hydrogen-bond acceptors (Lipinski definition) is 7. The van der Waals surface area contributed by atoms with Gasteiger partial charge in [0.15, 0.2) is 5.13 Å². The Kier molecular flexibility index (Phi) is 7.86. The number of anilines is 2. The minimum Gasteiger partial charge on any atom is -0.301 e. The zero-order valence-corrected chi connectivity index (χ0v) is 22.3. The number of carbonyl (C=O) groups excluding carboxylic acids is 1. The first-order valence-electron chi connectivity index (χ1n) is 9.76. The maximum atomic E-state index is 12.7. The van der Waals surface area contributed by atoms with Crippen LogP contribution in [-0.4, -0.2) is 24.6 Å². The summed E-state index contributed by atoms with van der Waals surface area (Å²) in [6, 6.07) is 15.3. The number of thiazole rings is 1. The van der Waals surface area contributed by atoms with Crippen molar-refractivity contribution in [1.82, 2.24) is 4.98 Å². The summed E-state index contributed by atoms with van der Waals surface area (Å²) in [5, 5.41) is 7.45. The molecule has 4 aromatic rings. The van der Waals surface area contributed by atoms with Crippen LogP contribution in [0.1, 0.15) is 6.92 Å². The number of sulfonamides is 1. The Labute approximate surface area is 219 Å². The lowest BCUT2D eigenvalue weighted by Crippen LogP contribution is -2.22. The fraction of sp³-hybridized carbons (Fsp3) is 0.0909. The third-order valence-corrected chi connectivity index (χ3v) is 9.69. The van der Waals surface area contributed by atoms with Crippen molar-refractivity contribution < 1.29 is 13.2 Å². The zero-order valence-electron chi connectivity index (χ0n) is 17.5. The molecule has 12 heteroatoms. The van der Waals surface area contributed by atoms with Crippen LogP contribution < -0.4 is 10.0 Å². The van der Waals surface area contributed by atoms with E-state index in [2.05, 4.69) is 15.0 Å². The van der Waals surface area contributed by atoms with Crippen LogP contribution in [0.2, 0.25) is 10.0 Å². The molecule has 2 aromatic carbocycles. The minimum absolute atomic E-state index is 0.199. The molecule has 0 aliphatic heterocycles. The number of thiophene rings is 1. The van der Waals surface area contributed by atoms with Crippen molar-refractivity contribution in [3.05, 3.63) is 75.4 Å². The second kappa shape index (κ2) is 10.7. The maximum Gasteiger partial charge on any atom is 0.271 e. The average Bonchev–Trinajstić information content (AvgIpc) is 3.48. The molecule has 2 aromatic heterocycles. The molecule has 1 atom stereocenters. The fourth-order valence-corrected chi connectivity index (χ4v) is 6.98. The maximum absolute atomic E-state index is 12.7. The molecule has 1 unspecified atom stereocenters. The first kappa shape index (κ1) is 25.0. The summed E-state index contributed by atoms with van der Waals surface area (Å²) in [7, 11) is -3.60. The van der Waals surface area contributed by atoms with Crippen molar-refractivity contribution in [3.8, 4) is 11.3 Å². The molecule has 0 saturated heterocycles. The Bertz CT molecular complexity index is 1410. The molecule has 0 aliphatic rings. The van der Waals surface area contributed by atoms with Crippen LogP contribution in [0.25, 0.3) is 11.3 Å². The molecule has 34 heavy (non-hydrogen) atoms. The first-order valence-corrected chi connectivity index (χ1v) is 14.6. The number of nitrogens with zero attached hydrogens (tertiary/aromatic N) is 1. The van der Waals surface area contributed by atoms with Gasteiger partial charge in [-0.1, -0.05) is 29.3 Å². The molecule has 0 aliphatic carbocycles. The van der Waals surface area contributed by atoms with E-state index in [1.165, 1.54) is 23.1 Å². The second-order valence-electron chi connectivity index (χ2n) is 6.97. The van der Waals surface area contributed by atoms with E-state index in [9.17, 15) is 13.2 Å². The number of thioether (sulfide) groups is 1. The lowest BCUT2D eigenvalue weighted by Gasteiger charge is -2.11. The molecule has 0 saturated carbocycles. The highest BCUT2D eigenvalue weighted by Crippen LogP contribution is 2.33. The number of carbonyl (C=O) groups is 1. The Morgan fingerprint density at radius 2 is 1.85 bits per heavy atom. The second-order valence-corrected chi connectivity index (χ2v) is 12.9. The van der Waals surface area contributed by atoms with Crippen molar-refractivity contribution >= 4 is 84.4 Å². The van der Waals surface area contributed by atoms with Gasteiger partial charge in [-0.15, -0.1) is 34.4 Å². The lowest BCUT2D eigenvalue weighted by atomic mass is 10.2. The van der Waals surface area contributed by atoms with Gasteiger partial charge in [0, 0.05) is 26.5 Å². The SMILES string of the molecule is CC(Sc1ccc(NS(=O)(=O)c2cccs2)cc1)C(=O)Nc1nc(-c2ccc(Cl)cc2Cl)cs1. The van der Waals surface area contributed by atoms with Crippen LogP contribution in [0.15, 0.2) is 74.5 Å². The van der Waals surface area contributed by atoms with E-state index in [-0.39, 0.29) is 10.1 Å². The van der Waals surface area contributed by atoms with Crippen LogP contribution in [0.3, 0.4) is 0 Å². The topological polar surface area (TPSA) is 88.2 Å². The van der Waals surface area contributed by atoms with Crippen molar-refractivity contribution in [2.75, 3.05) is 10.0 Å². The minimum atomic E-state index is -3.60. The van der Waals surface area contributed by atoms with Gasteiger partial charge in [0.25, 0.3) is 10.0 Å². The molecular weight excluding hydrogens is 553 g/mol. The van der Waals surface area contributed by atoms with E-state index in [0.29, 0.717) is 26.6 Å². The molecule has 0 fully saturated rings. The Hall–Kier alpha value is -2.08. The van der Waals surface area contributed by atoms with Crippen LogP contribution >= 0.6 is 57.6 Å². The normalized spacial score (nSPS) is 12.3. The van der Waals surface area contributed by atoms with Crippen LogP contribution in [-0.2, 0) is 14.8 Å². The van der Waals surface area contributed by atoms with Gasteiger partial charge < -0.3 is 5.32 Å². The molecule has 2 N–H and O–H groups in total. The van der Waals surface area contributed by atoms with Gasteiger partial charge >= 0.3 is 0 Å². The van der Waals surface area contributed by atoms with E-state index >= 15 is 0 Å². The molecule has 0 bridgehead atoms. The largest absolute Gasteiger partial charge is 0.301 e. The number of aromatic nitrogens is 1. The number of nitrogens with one attached hydrogen (secondary N) is 2. The van der Waals surface area contributed by atoms with Crippen LogP contribution in [0.5, 0.6) is 0 Å². The summed E-state index contributed by atoms with van der Waals surface area (Å²) in [6.07, 6.45) is 0. The number of rotatable bonds is 8. The third kappa shape index (κ3) is 6.12. The number of halogens is 2. The van der Waals surface area contributed by atoms with Gasteiger partial charge in [0.1, 0.15) is 4.21 Å².